The monoisotopic (exact) mass is 1140 g/mol. The predicted molar refractivity (Wildman–Crippen MR) is 303 cm³/mol. The van der Waals surface area contributed by atoms with Crippen molar-refractivity contribution >= 4 is 17.3 Å². The van der Waals surface area contributed by atoms with Crippen LogP contribution in [-0.4, -0.2) is 176 Å². The van der Waals surface area contributed by atoms with Gasteiger partial charge in [-0.2, -0.15) is 0 Å². The molecule has 7 N–H and O–H groups in total. The first-order chi connectivity index (χ1) is 38.8. The Morgan fingerprint density at radius 1 is 0.512 bits per heavy atom. The van der Waals surface area contributed by atoms with Gasteiger partial charge in [0.15, 0.2) is 69.1 Å². The smallest absolute Gasteiger partial charge is 0.197 e. The van der Waals surface area contributed by atoms with Crippen molar-refractivity contribution in [2.75, 3.05) is 90.0 Å². The Balaban J connectivity index is 0.000000147. The maximum absolute atomic E-state index is 12.8. The van der Waals surface area contributed by atoms with Crippen LogP contribution in [0.25, 0.3) is 0 Å². The number of allylic oxidation sites excluding steroid dienone is 3. The Bertz CT molecular complexity index is 3130. The molecule has 446 valence electrons. The molecule has 6 aliphatic carbocycles. The van der Waals surface area contributed by atoms with E-state index in [9.17, 15) is 50.1 Å². The van der Waals surface area contributed by atoms with Crippen molar-refractivity contribution in [1.29, 1.82) is 0 Å². The minimum atomic E-state index is -0.611. The van der Waals surface area contributed by atoms with Crippen molar-refractivity contribution in [2.45, 2.75) is 125 Å². The van der Waals surface area contributed by atoms with Gasteiger partial charge in [0.2, 0.25) is 0 Å². The molecule has 0 spiro atoms. The van der Waals surface area contributed by atoms with Gasteiger partial charge in [0.25, 0.3) is 0 Å². The molecular weight excluding hydrogens is 1050 g/mol. The number of carbonyl (C=O) groups excluding carboxylic acids is 3. The fraction of sp³-hybridized carbons (Fsp3) is 0.571. The van der Waals surface area contributed by atoms with Gasteiger partial charge in [0.1, 0.15) is 0 Å². The lowest BCUT2D eigenvalue weighted by atomic mass is 9.50. The second-order valence-electron chi connectivity index (χ2n) is 23.7. The third kappa shape index (κ3) is 8.80. The zero-order chi connectivity index (χ0) is 58.4. The van der Waals surface area contributed by atoms with E-state index in [-0.39, 0.29) is 128 Å². The highest BCUT2D eigenvalue weighted by Gasteiger charge is 2.62. The average Bonchev–Trinajstić information content (AvgIpc) is 1.07. The van der Waals surface area contributed by atoms with Gasteiger partial charge in [-0.15, -0.1) is 0 Å². The highest BCUT2D eigenvalue weighted by molar-refractivity contribution is 5.97. The summed E-state index contributed by atoms with van der Waals surface area (Å²) < 4.78 is 32.1. The van der Waals surface area contributed by atoms with Crippen LogP contribution in [0, 0.1) is 17.8 Å². The lowest BCUT2D eigenvalue weighted by Crippen LogP contribution is -2.62. The number of carbonyl (C=O) groups is 3. The molecule has 3 saturated heterocycles. The number of hydrogen-bond acceptors (Lipinski definition) is 19. The number of rotatable bonds is 10. The van der Waals surface area contributed by atoms with Crippen LogP contribution in [-0.2, 0) is 71.1 Å². The summed E-state index contributed by atoms with van der Waals surface area (Å²) in [6.07, 6.45) is 9.53. The molecule has 19 heteroatoms. The van der Waals surface area contributed by atoms with Gasteiger partial charge in [-0.25, -0.2) is 0 Å². The maximum Gasteiger partial charge on any atom is 0.197 e. The summed E-state index contributed by atoms with van der Waals surface area (Å²) in [5.41, 5.74) is 5.44. The molecule has 3 heterocycles. The SMILES string of the molecule is C.COC1=CC2[C@@H]3Cc4c(CO)cc(OC)c(O)c4[C@]2(CCN3C)CC1=O.COC1=CC2[C@@H]3[C@H](C)c4c(CO)cc(OC)c(O)c4[C@]2(CCN3C)CC1=O.COC1=CC2[C@@H]3[C@H](CO)c4c(CO)cc(OC)c(O)c4[C@]2(CCN3C)CC1=O. The molecule has 9 aliphatic rings. The molecular formula is C63H83N3O16. The second kappa shape index (κ2) is 22.8. The molecule has 3 fully saturated rings. The number of fused-ring (bicyclic) bond motifs is 3. The fourth-order valence-electron chi connectivity index (χ4n) is 17.0. The maximum atomic E-state index is 12.8. The quantitative estimate of drug-likeness (QED) is 0.137. The molecule has 3 aromatic carbocycles. The molecule has 0 saturated carbocycles. The van der Waals surface area contributed by atoms with Crippen LogP contribution in [0.3, 0.4) is 0 Å². The van der Waals surface area contributed by atoms with Gasteiger partial charge in [-0.05, 0) is 142 Å². The number of methoxy groups -OCH3 is 6. The molecule has 3 aromatic rings. The van der Waals surface area contributed by atoms with Crippen molar-refractivity contribution in [1.82, 2.24) is 14.7 Å². The fourth-order valence-corrected chi connectivity index (χ4v) is 17.0. The summed E-state index contributed by atoms with van der Waals surface area (Å²) in [5.74, 6) is 2.00. The minimum absolute atomic E-state index is 0. The number of piperidine rings is 3. The van der Waals surface area contributed by atoms with Gasteiger partial charge in [0, 0.05) is 94.0 Å². The van der Waals surface area contributed by atoms with Crippen LogP contribution in [0.15, 0.2) is 53.7 Å². The number of likely N-dealkylation sites (N-methyl/N-ethyl adjacent to an activating group) is 3. The molecule has 3 unspecified atom stereocenters. The molecule has 82 heavy (non-hydrogen) atoms. The van der Waals surface area contributed by atoms with E-state index in [0.717, 1.165) is 71.4 Å². The van der Waals surface area contributed by atoms with Crippen LogP contribution in [0.5, 0.6) is 34.5 Å². The number of aliphatic hydroxyl groups is 4. The van der Waals surface area contributed by atoms with Gasteiger partial charge in [-0.1, -0.05) is 14.4 Å². The molecule has 19 nitrogen and oxygen atoms in total. The van der Waals surface area contributed by atoms with E-state index in [1.807, 2.05) is 25.3 Å². The summed E-state index contributed by atoms with van der Waals surface area (Å²) in [6, 6.07) is 5.36. The number of phenols is 3. The van der Waals surface area contributed by atoms with Gasteiger partial charge >= 0.3 is 0 Å². The summed E-state index contributed by atoms with van der Waals surface area (Å²) in [5, 5.41) is 73.5. The topological polar surface area (TPSA) is 258 Å². The summed E-state index contributed by atoms with van der Waals surface area (Å²) in [4.78, 5) is 45.2. The molecule has 6 bridgehead atoms. The van der Waals surface area contributed by atoms with E-state index in [1.54, 1.807) is 18.2 Å². The van der Waals surface area contributed by atoms with E-state index in [2.05, 4.69) is 35.7 Å². The van der Waals surface area contributed by atoms with Crippen LogP contribution in [0.1, 0.15) is 115 Å². The molecule has 0 aromatic heterocycles. The number of benzene rings is 3. The minimum Gasteiger partial charge on any atom is -0.504 e. The van der Waals surface area contributed by atoms with Crippen molar-refractivity contribution in [2.24, 2.45) is 17.8 Å². The number of phenolic OH excluding ortho intramolecular Hbond substituents is 3. The highest BCUT2D eigenvalue weighted by atomic mass is 16.5. The number of Topliss-reactive ketones (excluding diaryl/α,β-unsaturated/α-hetero) is 3. The lowest BCUT2D eigenvalue weighted by molar-refractivity contribution is -0.124. The first-order valence-electron chi connectivity index (χ1n) is 28.0. The Kier molecular flexibility index (Phi) is 16.8. The number of ketones is 3. The summed E-state index contributed by atoms with van der Waals surface area (Å²) >= 11 is 0. The van der Waals surface area contributed by atoms with Gasteiger partial charge in [0.05, 0.1) is 69.1 Å². The average molecular weight is 1140 g/mol. The van der Waals surface area contributed by atoms with E-state index in [1.165, 1.54) is 42.7 Å². The number of aliphatic hydroxyl groups excluding tert-OH is 4. The standard InChI is InChI=1S/C21H27NO6.C21H27NO5.C20H25NO5.CH4/c1-22-5-4-21-8-14(25)15(27-2)7-13(21)19(22)12(10-24)17-11(9-23)6-16(28-3)20(26)18(17)21;1-11-17-12(10-23)7-16(27-4)20(25)18(17)21-5-6-22(2)19(11)13(21)8-15(26-3)14(24)9-21;1-21-5-4-20-9-15(23)16(25-2)8-13(20)14(21)7-12-11(10-22)6-17(26-3)19(24)18(12)20;/h6-7,12-13,19,23-24,26H,4-5,8-10H2,1-3H3;7-8,11,13,19,23,25H,5-6,9-10H2,1-4H3;6,8,13-14,22,24H,4-5,7,9-10H2,1-3H3;1H4/t12-,13?,19+,21-;11-,13?,19+,21-;13?,14-,20+;/m110./s1. The molecule has 11 atom stereocenters. The Labute approximate surface area is 480 Å². The second-order valence-corrected chi connectivity index (χ2v) is 23.7. The molecule has 0 amide bonds. The zero-order valence-corrected chi connectivity index (χ0v) is 48.1. The number of ether oxygens (including phenoxy) is 6. The van der Waals surface area contributed by atoms with Crippen LogP contribution >= 0.6 is 0 Å². The number of aromatic hydroxyl groups is 3. The van der Waals surface area contributed by atoms with Crippen molar-refractivity contribution < 1.29 is 78.6 Å². The van der Waals surface area contributed by atoms with E-state index in [4.69, 9.17) is 28.4 Å². The van der Waals surface area contributed by atoms with E-state index < -0.39 is 16.2 Å². The Hall–Kier alpha value is -6.19. The zero-order valence-electron chi connectivity index (χ0n) is 48.1. The summed E-state index contributed by atoms with van der Waals surface area (Å²) in [7, 11) is 15.3. The van der Waals surface area contributed by atoms with Crippen LogP contribution in [0.4, 0.5) is 0 Å². The van der Waals surface area contributed by atoms with Crippen LogP contribution < -0.4 is 14.2 Å². The molecule has 0 radical (unpaired) electrons. The first-order valence-corrected chi connectivity index (χ1v) is 28.0. The third-order valence-electron chi connectivity index (χ3n) is 20.6. The van der Waals surface area contributed by atoms with Gasteiger partial charge in [-0.3, -0.25) is 14.4 Å². The van der Waals surface area contributed by atoms with E-state index >= 15 is 0 Å². The normalized spacial score (nSPS) is 31.1. The first kappa shape index (κ1) is 60.4. The van der Waals surface area contributed by atoms with Crippen molar-refractivity contribution in [3.05, 3.63) is 104 Å². The third-order valence-corrected chi connectivity index (χ3v) is 20.6. The Morgan fingerprint density at radius 2 is 0.890 bits per heavy atom. The van der Waals surface area contributed by atoms with Crippen LogP contribution in [0.2, 0.25) is 0 Å². The molecule has 3 aliphatic heterocycles. The number of hydrogen-bond donors (Lipinski definition) is 7. The summed E-state index contributed by atoms with van der Waals surface area (Å²) in [6.45, 7) is 3.96. The highest BCUT2D eigenvalue weighted by Crippen LogP contribution is 2.64. The number of nitrogens with zero attached hydrogens (tertiary/aromatic N) is 3. The van der Waals surface area contributed by atoms with Crippen molar-refractivity contribution in [3.63, 3.8) is 0 Å². The number of likely N-dealkylation sites (tertiary alicyclic amines) is 3. The van der Waals surface area contributed by atoms with Gasteiger partial charge < -0.3 is 78.9 Å². The Morgan fingerprint density at radius 3 is 1.33 bits per heavy atom. The van der Waals surface area contributed by atoms with E-state index in [0.29, 0.717) is 65.6 Å². The molecule has 12 rings (SSSR count). The predicted octanol–water partition coefficient (Wildman–Crippen LogP) is 5.26. The van der Waals surface area contributed by atoms with Crippen molar-refractivity contribution in [3.8, 4) is 34.5 Å². The lowest BCUT2D eigenvalue weighted by Gasteiger charge is -2.59. The largest absolute Gasteiger partial charge is 0.504 e.